The van der Waals surface area contributed by atoms with Crippen molar-refractivity contribution >= 4 is 71.3 Å². The molecule has 0 aliphatic rings. The van der Waals surface area contributed by atoms with Crippen LogP contribution in [0.1, 0.15) is 5.56 Å². The Bertz CT molecular complexity index is 4520. The van der Waals surface area contributed by atoms with Crippen LogP contribution in [-0.2, 0) is 0 Å². The zero-order valence-electron chi connectivity index (χ0n) is 40.6. The first-order valence-corrected chi connectivity index (χ1v) is 25.1. The van der Waals surface area contributed by atoms with E-state index in [1.807, 2.05) is 72.8 Å². The Morgan fingerprint density at radius 1 is 0.373 bits per heavy atom. The van der Waals surface area contributed by atoms with Gasteiger partial charge in [-0.15, -0.1) is 0 Å². The van der Waals surface area contributed by atoms with Crippen molar-refractivity contribution in [2.45, 2.75) is 0 Å². The van der Waals surface area contributed by atoms with Crippen LogP contribution >= 0.6 is 0 Å². The van der Waals surface area contributed by atoms with Gasteiger partial charge in [-0.25, -0.2) is 15.0 Å². The average Bonchev–Trinajstić information content (AvgIpc) is 4.18. The topological polar surface area (TPSA) is 69.9 Å². The first-order valence-electron chi connectivity index (χ1n) is 25.1. The Morgan fingerprint density at radius 3 is 1.56 bits per heavy atom. The van der Waals surface area contributed by atoms with Gasteiger partial charge in [0.25, 0.3) is 0 Å². The fourth-order valence-corrected chi connectivity index (χ4v) is 10.9. The number of hydrogen-bond acceptors (Lipinski definition) is 5. The van der Waals surface area contributed by atoms with E-state index >= 15 is 0 Å². The fraction of sp³-hybridized carbons (Fsp3) is 0. The van der Waals surface area contributed by atoms with Gasteiger partial charge in [-0.2, -0.15) is 0 Å². The van der Waals surface area contributed by atoms with E-state index in [2.05, 4.69) is 188 Å². The molecule has 0 saturated carbocycles. The van der Waals surface area contributed by atoms with Crippen molar-refractivity contribution in [3.63, 3.8) is 0 Å². The van der Waals surface area contributed by atoms with Crippen LogP contribution in [0, 0.1) is 0 Å². The van der Waals surface area contributed by atoms with E-state index in [4.69, 9.17) is 23.8 Å². The van der Waals surface area contributed by atoms with Crippen LogP contribution in [0.2, 0.25) is 0 Å². The lowest BCUT2D eigenvalue weighted by atomic mass is 9.92. The first-order chi connectivity index (χ1) is 37.1. The predicted octanol–water partition coefficient (Wildman–Crippen LogP) is 18.5. The second-order valence-corrected chi connectivity index (χ2v) is 18.8. The summed E-state index contributed by atoms with van der Waals surface area (Å²) in [5.74, 6) is 1.52. The number of aromatic nitrogens is 4. The number of para-hydroxylation sites is 2. The van der Waals surface area contributed by atoms with Crippen LogP contribution in [-0.4, -0.2) is 19.5 Å². The van der Waals surface area contributed by atoms with E-state index in [9.17, 15) is 0 Å². The number of allylic oxidation sites excluding steroid dienone is 4. The highest BCUT2D eigenvalue weighted by atomic mass is 16.3. The zero-order chi connectivity index (χ0) is 50.0. The quantitative estimate of drug-likeness (QED) is 0.128. The Balaban J connectivity index is 1.07. The molecule has 6 nitrogen and oxygen atoms in total. The highest BCUT2D eigenvalue weighted by molar-refractivity contribution is 6.14. The molecule has 0 radical (unpaired) electrons. The van der Waals surface area contributed by atoms with Crippen molar-refractivity contribution in [3.8, 4) is 73.2 Å². The molecule has 4 aromatic heterocycles. The van der Waals surface area contributed by atoms with E-state index in [1.54, 1.807) is 0 Å². The standard InChI is InChI=1S/C69H44N4O2/c1-3-19-43(4-2)55-40-50(68-70-67(49-32-35-52-51-26-14-16-29-61(51)75-64(52)42-49)71-69(72-68)54-28-18-31-63-65(54)53-27-15-17-30-62(53)74-63)41-56(46-24-12-7-13-25-46)66(55)73-59-36-33-47(44-20-8-5-9-21-44)38-57(59)58-39-48(34-37-60(58)73)45-22-10-6-11-23-45/h3-42H,1-2H2/b43-19+. The lowest BCUT2D eigenvalue weighted by Gasteiger charge is -2.21. The molecule has 10 aromatic carbocycles. The lowest BCUT2D eigenvalue weighted by Crippen LogP contribution is -2.05. The molecule has 0 amide bonds. The number of rotatable bonds is 10. The fourth-order valence-electron chi connectivity index (χ4n) is 10.9. The summed E-state index contributed by atoms with van der Waals surface area (Å²) >= 11 is 0. The maximum Gasteiger partial charge on any atom is 0.164 e. The van der Waals surface area contributed by atoms with E-state index in [1.165, 1.54) is 0 Å². The number of hydrogen-bond donors (Lipinski definition) is 0. The maximum atomic E-state index is 6.44. The van der Waals surface area contributed by atoms with Crippen molar-refractivity contribution in [2.24, 2.45) is 0 Å². The predicted molar refractivity (Wildman–Crippen MR) is 310 cm³/mol. The number of furan rings is 2. The highest BCUT2D eigenvalue weighted by Crippen LogP contribution is 2.45. The molecule has 0 aliphatic carbocycles. The summed E-state index contributed by atoms with van der Waals surface area (Å²) in [7, 11) is 0. The average molecular weight is 961 g/mol. The lowest BCUT2D eigenvalue weighted by molar-refractivity contribution is 0.668. The molecule has 0 spiro atoms. The maximum absolute atomic E-state index is 6.44. The van der Waals surface area contributed by atoms with Crippen molar-refractivity contribution in [1.82, 2.24) is 19.5 Å². The summed E-state index contributed by atoms with van der Waals surface area (Å²) < 4.78 is 15.3. The molecule has 6 heteroatoms. The van der Waals surface area contributed by atoms with Gasteiger partial charge >= 0.3 is 0 Å². The second-order valence-electron chi connectivity index (χ2n) is 18.8. The Morgan fingerprint density at radius 2 is 0.907 bits per heavy atom. The molecule has 0 fully saturated rings. The van der Waals surface area contributed by atoms with E-state index < -0.39 is 0 Å². The molecule has 75 heavy (non-hydrogen) atoms. The van der Waals surface area contributed by atoms with Gasteiger partial charge in [-0.3, -0.25) is 0 Å². The largest absolute Gasteiger partial charge is 0.456 e. The molecule has 0 N–H and O–H groups in total. The smallest absolute Gasteiger partial charge is 0.164 e. The number of benzene rings is 10. The molecule has 14 aromatic rings. The van der Waals surface area contributed by atoms with Crippen LogP contribution < -0.4 is 0 Å². The molecular formula is C69H44N4O2. The van der Waals surface area contributed by atoms with Crippen LogP contribution in [0.25, 0.3) is 144 Å². The van der Waals surface area contributed by atoms with Gasteiger partial charge in [-0.1, -0.05) is 189 Å². The van der Waals surface area contributed by atoms with E-state index in [0.29, 0.717) is 17.5 Å². The SMILES string of the molecule is C=C/C=C(\C=C)c1cc(-c2nc(-c3ccc4c(c3)oc3ccccc34)nc(-c3cccc4oc5ccccc5c34)n2)cc(-c2ccccc2)c1-n1c2ccc(-c3ccccc3)cc2c2cc(-c3ccccc3)ccc21. The minimum atomic E-state index is 0.499. The third-order valence-corrected chi connectivity index (χ3v) is 14.4. The van der Waals surface area contributed by atoms with E-state index in [0.717, 1.165) is 133 Å². The van der Waals surface area contributed by atoms with Crippen LogP contribution in [0.5, 0.6) is 0 Å². The number of nitrogens with zero attached hydrogens (tertiary/aromatic N) is 4. The van der Waals surface area contributed by atoms with Crippen molar-refractivity contribution in [2.75, 3.05) is 0 Å². The summed E-state index contributed by atoms with van der Waals surface area (Å²) in [5.41, 5.74) is 17.1. The van der Waals surface area contributed by atoms with Gasteiger partial charge in [0.15, 0.2) is 17.5 Å². The van der Waals surface area contributed by atoms with Crippen LogP contribution in [0.4, 0.5) is 0 Å². The minimum Gasteiger partial charge on any atom is -0.456 e. The van der Waals surface area contributed by atoms with Gasteiger partial charge in [0.2, 0.25) is 0 Å². The van der Waals surface area contributed by atoms with Gasteiger partial charge in [0, 0.05) is 60.1 Å². The summed E-state index contributed by atoms with van der Waals surface area (Å²) in [6.07, 6.45) is 5.76. The third-order valence-electron chi connectivity index (χ3n) is 14.4. The van der Waals surface area contributed by atoms with E-state index in [-0.39, 0.29) is 0 Å². The Hall–Kier alpha value is -10.2. The molecule has 4 heterocycles. The highest BCUT2D eigenvalue weighted by Gasteiger charge is 2.25. The normalized spacial score (nSPS) is 11.9. The molecule has 0 saturated heterocycles. The molecule has 0 unspecified atom stereocenters. The van der Waals surface area contributed by atoms with Gasteiger partial charge in [0.1, 0.15) is 22.3 Å². The summed E-state index contributed by atoms with van der Waals surface area (Å²) in [6, 6.07) is 78.3. The van der Waals surface area contributed by atoms with Crippen LogP contribution in [0.15, 0.2) is 265 Å². The zero-order valence-corrected chi connectivity index (χ0v) is 40.6. The van der Waals surface area contributed by atoms with Gasteiger partial charge in [-0.05, 0) is 100 Å². The molecule has 0 bridgehead atoms. The second kappa shape index (κ2) is 17.8. The molecule has 0 atom stereocenters. The van der Waals surface area contributed by atoms with Gasteiger partial charge in [0.05, 0.1) is 16.7 Å². The molecule has 352 valence electrons. The Labute approximate surface area is 432 Å². The van der Waals surface area contributed by atoms with Crippen molar-refractivity contribution in [1.29, 1.82) is 0 Å². The summed E-state index contributed by atoms with van der Waals surface area (Å²) in [5, 5.41) is 6.27. The van der Waals surface area contributed by atoms with Crippen molar-refractivity contribution in [3.05, 3.63) is 261 Å². The summed E-state index contributed by atoms with van der Waals surface area (Å²) in [6.45, 7) is 8.60. The first kappa shape index (κ1) is 43.6. The summed E-state index contributed by atoms with van der Waals surface area (Å²) in [4.78, 5) is 16.2. The minimum absolute atomic E-state index is 0.499. The number of fused-ring (bicyclic) bond motifs is 9. The van der Waals surface area contributed by atoms with Crippen molar-refractivity contribution < 1.29 is 8.83 Å². The monoisotopic (exact) mass is 960 g/mol. The third kappa shape index (κ3) is 7.38. The molecule has 0 aliphatic heterocycles. The molecule has 14 rings (SSSR count). The van der Waals surface area contributed by atoms with Gasteiger partial charge < -0.3 is 13.4 Å². The van der Waals surface area contributed by atoms with Crippen LogP contribution in [0.3, 0.4) is 0 Å². The Kier molecular flexibility index (Phi) is 10.4. The molecular weight excluding hydrogens is 917 g/mol.